The number of ether oxygens (including phenoxy) is 1. The number of hydrogen-bond acceptors (Lipinski definition) is 4. The van der Waals surface area contributed by atoms with Gasteiger partial charge in [-0.15, -0.1) is 0 Å². The number of fused-ring (bicyclic) bond motifs is 1. The van der Waals surface area contributed by atoms with E-state index in [2.05, 4.69) is 0 Å². The van der Waals surface area contributed by atoms with Crippen LogP contribution in [0.4, 0.5) is 0 Å². The number of hydrogen-bond donors (Lipinski definition) is 3. The summed E-state index contributed by atoms with van der Waals surface area (Å²) in [6.07, 6.45) is 3.86. The lowest BCUT2D eigenvalue weighted by Gasteiger charge is -2.25. The van der Waals surface area contributed by atoms with Gasteiger partial charge in [0.2, 0.25) is 5.72 Å². The number of carboxylic acid groups (broad SMARTS) is 1. The van der Waals surface area contributed by atoms with Gasteiger partial charge in [0, 0.05) is 6.42 Å². The Balaban J connectivity index is 2.39. The van der Waals surface area contributed by atoms with Crippen LogP contribution >= 0.6 is 0 Å². The number of carbonyl (C=O) groups is 1. The summed E-state index contributed by atoms with van der Waals surface area (Å²) in [5.74, 6) is -0.581. The summed E-state index contributed by atoms with van der Waals surface area (Å²) in [5, 5.41) is 18.6. The van der Waals surface area contributed by atoms with Crippen molar-refractivity contribution in [3.63, 3.8) is 0 Å². The Morgan fingerprint density at radius 2 is 2.00 bits per heavy atom. The molecule has 19 heavy (non-hydrogen) atoms. The minimum absolute atomic E-state index is 0.0886. The molecule has 0 aromatic heterocycles. The van der Waals surface area contributed by atoms with E-state index in [1.165, 1.54) is 0 Å². The number of nitrogens with two attached hydrogens (primary N) is 1. The zero-order chi connectivity index (χ0) is 14.0. The second-order valence-electron chi connectivity index (χ2n) is 5.00. The highest BCUT2D eigenvalue weighted by Crippen LogP contribution is 2.33. The zero-order valence-corrected chi connectivity index (χ0v) is 11.0. The normalized spacial score (nSPS) is 17.4. The molecule has 0 spiro atoms. The average molecular weight is 265 g/mol. The first-order chi connectivity index (χ1) is 8.95. The van der Waals surface area contributed by atoms with Gasteiger partial charge in [0.15, 0.2) is 0 Å². The quantitative estimate of drug-likeness (QED) is 0.702. The van der Waals surface area contributed by atoms with E-state index in [4.69, 9.17) is 15.6 Å². The third-order valence-corrected chi connectivity index (χ3v) is 3.64. The van der Waals surface area contributed by atoms with Crippen molar-refractivity contribution >= 4 is 5.97 Å². The number of benzene rings is 1. The van der Waals surface area contributed by atoms with Crippen LogP contribution < -0.4 is 10.5 Å². The Morgan fingerprint density at radius 1 is 1.37 bits per heavy atom. The summed E-state index contributed by atoms with van der Waals surface area (Å²) in [6, 6.07) is 3.61. The van der Waals surface area contributed by atoms with Gasteiger partial charge in [0.25, 0.3) is 0 Å². The first kappa shape index (κ1) is 13.8. The maximum atomic E-state index is 10.9. The van der Waals surface area contributed by atoms with Gasteiger partial charge in [-0.3, -0.25) is 5.73 Å². The highest BCUT2D eigenvalue weighted by Gasteiger charge is 2.32. The smallest absolute Gasteiger partial charge is 0.351 e. The minimum atomic E-state index is -2.22. The molecular weight excluding hydrogens is 246 g/mol. The van der Waals surface area contributed by atoms with Crippen molar-refractivity contribution in [1.29, 1.82) is 0 Å². The first-order valence-electron chi connectivity index (χ1n) is 6.38. The van der Waals surface area contributed by atoms with Crippen LogP contribution in [0.2, 0.25) is 0 Å². The molecule has 0 bridgehead atoms. The monoisotopic (exact) mass is 265 g/mol. The van der Waals surface area contributed by atoms with Crippen LogP contribution in [0, 0.1) is 0 Å². The molecule has 0 unspecified atom stereocenters. The molecule has 5 heteroatoms. The van der Waals surface area contributed by atoms with Gasteiger partial charge in [0.05, 0.1) is 7.11 Å². The van der Waals surface area contributed by atoms with Gasteiger partial charge in [-0.05, 0) is 48.4 Å². The maximum absolute atomic E-state index is 10.9. The summed E-state index contributed by atoms with van der Waals surface area (Å²) in [6.45, 7) is 0. The molecule has 1 atom stereocenters. The van der Waals surface area contributed by atoms with Crippen molar-refractivity contribution in [2.45, 2.75) is 37.8 Å². The molecule has 1 aromatic carbocycles. The summed E-state index contributed by atoms with van der Waals surface area (Å²) < 4.78 is 5.34. The molecule has 1 aromatic rings. The number of aliphatic hydroxyl groups is 1. The predicted octanol–water partition coefficient (Wildman–Crippen LogP) is 0.848. The molecule has 1 aliphatic rings. The first-order valence-corrected chi connectivity index (χ1v) is 6.38. The number of carboxylic acids is 1. The fourth-order valence-electron chi connectivity index (χ4n) is 2.63. The molecule has 0 aliphatic heterocycles. The van der Waals surface area contributed by atoms with Crippen LogP contribution in [0.15, 0.2) is 12.1 Å². The van der Waals surface area contributed by atoms with Crippen molar-refractivity contribution in [3.8, 4) is 5.75 Å². The Kier molecular flexibility index (Phi) is 3.78. The van der Waals surface area contributed by atoms with Crippen LogP contribution in [0.3, 0.4) is 0 Å². The van der Waals surface area contributed by atoms with E-state index < -0.39 is 11.7 Å². The van der Waals surface area contributed by atoms with E-state index in [9.17, 15) is 9.90 Å². The van der Waals surface area contributed by atoms with Crippen molar-refractivity contribution in [1.82, 2.24) is 0 Å². The van der Waals surface area contributed by atoms with Crippen molar-refractivity contribution in [2.24, 2.45) is 5.73 Å². The summed E-state index contributed by atoms with van der Waals surface area (Å²) in [4.78, 5) is 10.9. The fraction of sp³-hybridized carbons (Fsp3) is 0.500. The maximum Gasteiger partial charge on any atom is 0.351 e. The van der Waals surface area contributed by atoms with E-state index in [1.54, 1.807) is 13.2 Å². The van der Waals surface area contributed by atoms with Gasteiger partial charge in [-0.25, -0.2) is 4.79 Å². The van der Waals surface area contributed by atoms with E-state index in [0.29, 0.717) is 0 Å². The Morgan fingerprint density at radius 3 is 2.58 bits per heavy atom. The molecule has 5 nitrogen and oxygen atoms in total. The van der Waals surface area contributed by atoms with E-state index in [1.807, 2.05) is 6.07 Å². The van der Waals surface area contributed by atoms with Crippen LogP contribution in [-0.4, -0.2) is 29.0 Å². The molecule has 1 aliphatic carbocycles. The average Bonchev–Trinajstić information content (AvgIpc) is 2.38. The molecule has 0 radical (unpaired) electrons. The van der Waals surface area contributed by atoms with E-state index in [-0.39, 0.29) is 6.42 Å². The van der Waals surface area contributed by atoms with Crippen molar-refractivity contribution in [2.75, 3.05) is 7.11 Å². The largest absolute Gasteiger partial charge is 0.496 e. The number of rotatable bonds is 4. The third kappa shape index (κ3) is 2.72. The lowest BCUT2D eigenvalue weighted by atomic mass is 9.85. The molecule has 0 saturated carbocycles. The van der Waals surface area contributed by atoms with Crippen molar-refractivity contribution in [3.05, 3.63) is 28.8 Å². The zero-order valence-electron chi connectivity index (χ0n) is 11.0. The standard InChI is InChI=1S/C14H19NO4/c1-19-12-7-6-9(8-14(15,18)13(16)17)10-4-2-3-5-11(10)12/h6-7,18H,2-5,8,15H2,1H3,(H,16,17)/t14-/m0/s1. The second-order valence-corrected chi connectivity index (χ2v) is 5.00. The molecule has 0 saturated heterocycles. The summed E-state index contributed by atoms with van der Waals surface area (Å²) in [7, 11) is 1.63. The highest BCUT2D eigenvalue weighted by molar-refractivity contribution is 5.76. The van der Waals surface area contributed by atoms with Crippen LogP contribution in [0.1, 0.15) is 29.5 Å². The van der Waals surface area contributed by atoms with Gasteiger partial charge >= 0.3 is 5.97 Å². The Hall–Kier alpha value is -1.59. The molecule has 4 N–H and O–H groups in total. The lowest BCUT2D eigenvalue weighted by molar-refractivity contribution is -0.157. The molecular formula is C14H19NO4. The number of methoxy groups -OCH3 is 1. The minimum Gasteiger partial charge on any atom is -0.496 e. The topological polar surface area (TPSA) is 92.8 Å². The van der Waals surface area contributed by atoms with Crippen LogP contribution in [-0.2, 0) is 24.1 Å². The van der Waals surface area contributed by atoms with Gasteiger partial charge in [-0.1, -0.05) is 6.07 Å². The SMILES string of the molecule is COc1ccc(C[C@](N)(O)C(=O)O)c2c1CCCC2. The Labute approximate surface area is 112 Å². The van der Waals surface area contributed by atoms with Gasteiger partial charge in [-0.2, -0.15) is 0 Å². The van der Waals surface area contributed by atoms with Crippen LogP contribution in [0.25, 0.3) is 0 Å². The molecule has 0 heterocycles. The summed E-state index contributed by atoms with van der Waals surface area (Å²) in [5.41, 5.74) is 6.19. The molecule has 2 rings (SSSR count). The second kappa shape index (κ2) is 5.19. The van der Waals surface area contributed by atoms with E-state index >= 15 is 0 Å². The number of aliphatic carboxylic acids is 1. The van der Waals surface area contributed by atoms with Crippen molar-refractivity contribution < 1.29 is 19.7 Å². The van der Waals surface area contributed by atoms with E-state index in [0.717, 1.165) is 48.1 Å². The highest BCUT2D eigenvalue weighted by atomic mass is 16.5. The third-order valence-electron chi connectivity index (χ3n) is 3.64. The Bertz CT molecular complexity index is 496. The summed E-state index contributed by atoms with van der Waals surface area (Å²) >= 11 is 0. The molecule has 0 fully saturated rings. The lowest BCUT2D eigenvalue weighted by Crippen LogP contribution is -2.50. The molecule has 0 amide bonds. The fourth-order valence-corrected chi connectivity index (χ4v) is 2.63. The molecule has 104 valence electrons. The van der Waals surface area contributed by atoms with Gasteiger partial charge < -0.3 is 14.9 Å². The predicted molar refractivity (Wildman–Crippen MR) is 70.1 cm³/mol. The van der Waals surface area contributed by atoms with Gasteiger partial charge in [0.1, 0.15) is 5.75 Å². The van der Waals surface area contributed by atoms with Crippen LogP contribution in [0.5, 0.6) is 5.75 Å².